The fourth-order valence-electron chi connectivity index (χ4n) is 2.65. The molecule has 0 radical (unpaired) electrons. The quantitative estimate of drug-likeness (QED) is 0.887. The Bertz CT molecular complexity index is 510. The van der Waals surface area contributed by atoms with Crippen molar-refractivity contribution in [3.63, 3.8) is 0 Å². The molecule has 1 atom stereocenters. The van der Waals surface area contributed by atoms with E-state index in [1.165, 1.54) is 10.5 Å². The van der Waals surface area contributed by atoms with E-state index in [9.17, 15) is 9.59 Å². The van der Waals surface area contributed by atoms with Crippen LogP contribution in [0.3, 0.4) is 0 Å². The van der Waals surface area contributed by atoms with Gasteiger partial charge in [0.15, 0.2) is 0 Å². The second kappa shape index (κ2) is 8.31. The van der Waals surface area contributed by atoms with E-state index in [4.69, 9.17) is 0 Å². The Balaban J connectivity index is 1.71. The van der Waals surface area contributed by atoms with Gasteiger partial charge < -0.3 is 15.1 Å². The van der Waals surface area contributed by atoms with Crippen molar-refractivity contribution in [2.45, 2.75) is 19.4 Å². The summed E-state index contributed by atoms with van der Waals surface area (Å²) in [6.07, 6.45) is 0.341. The molecule has 1 aliphatic rings. The fourth-order valence-corrected chi connectivity index (χ4v) is 3.39. The van der Waals surface area contributed by atoms with Gasteiger partial charge in [-0.2, -0.15) is 11.3 Å². The lowest BCUT2D eigenvalue weighted by molar-refractivity contribution is -0.128. The van der Waals surface area contributed by atoms with Gasteiger partial charge in [-0.25, -0.2) is 4.79 Å². The van der Waals surface area contributed by atoms with Crippen LogP contribution in [0.25, 0.3) is 0 Å². The summed E-state index contributed by atoms with van der Waals surface area (Å²) in [6.45, 7) is 5.80. The van der Waals surface area contributed by atoms with Gasteiger partial charge in [-0.1, -0.05) is 0 Å². The first kappa shape index (κ1) is 17.7. The van der Waals surface area contributed by atoms with Crippen LogP contribution in [0.4, 0.5) is 4.79 Å². The molecule has 0 spiro atoms. The molecule has 0 saturated carbocycles. The molecule has 0 aromatic carbocycles. The smallest absolute Gasteiger partial charge is 0.317 e. The number of carbonyl (C=O) groups is 2. The van der Waals surface area contributed by atoms with Crippen LogP contribution in [0.5, 0.6) is 0 Å². The van der Waals surface area contributed by atoms with E-state index >= 15 is 0 Å². The first-order chi connectivity index (χ1) is 11.0. The van der Waals surface area contributed by atoms with Gasteiger partial charge >= 0.3 is 6.03 Å². The van der Waals surface area contributed by atoms with Crippen LogP contribution in [-0.4, -0.2) is 73.5 Å². The summed E-state index contributed by atoms with van der Waals surface area (Å²) in [5.41, 5.74) is 1.34. The minimum atomic E-state index is -0.0700. The first-order valence-electron chi connectivity index (χ1n) is 7.98. The Labute approximate surface area is 142 Å². The maximum Gasteiger partial charge on any atom is 0.317 e. The fraction of sp³-hybridized carbons (Fsp3) is 0.625. The lowest BCUT2D eigenvalue weighted by atomic mass is 10.1. The second-order valence-corrected chi connectivity index (χ2v) is 6.81. The standard InChI is InChI=1S/C16H26N4O2S/c1-13(14-5-11-23-12-14)19-7-9-20(10-8-19)16(22)17-6-4-15(21)18(2)3/h5,11-13H,4,6-10H2,1-3H3,(H,17,22)/t13-/m1/s1. The highest BCUT2D eigenvalue weighted by atomic mass is 32.1. The summed E-state index contributed by atoms with van der Waals surface area (Å²) >= 11 is 1.72. The molecule has 3 amide bonds. The normalized spacial score (nSPS) is 16.9. The molecular formula is C16H26N4O2S. The van der Waals surface area contributed by atoms with E-state index < -0.39 is 0 Å². The van der Waals surface area contributed by atoms with E-state index in [1.54, 1.807) is 25.4 Å². The second-order valence-electron chi connectivity index (χ2n) is 6.03. The van der Waals surface area contributed by atoms with Gasteiger partial charge in [-0.3, -0.25) is 9.69 Å². The van der Waals surface area contributed by atoms with Crippen molar-refractivity contribution >= 4 is 23.3 Å². The van der Waals surface area contributed by atoms with Gasteiger partial charge in [-0.05, 0) is 29.3 Å². The summed E-state index contributed by atoms with van der Waals surface area (Å²) in [5.74, 6) is 0.0275. The molecule has 1 aromatic rings. The summed E-state index contributed by atoms with van der Waals surface area (Å²) in [7, 11) is 3.44. The molecule has 1 aromatic heterocycles. The van der Waals surface area contributed by atoms with Gasteiger partial charge in [-0.15, -0.1) is 0 Å². The van der Waals surface area contributed by atoms with Crippen molar-refractivity contribution in [3.05, 3.63) is 22.4 Å². The molecule has 6 nitrogen and oxygen atoms in total. The molecule has 0 bridgehead atoms. The zero-order valence-corrected chi connectivity index (χ0v) is 14.9. The highest BCUT2D eigenvalue weighted by Gasteiger charge is 2.24. The molecule has 2 rings (SSSR count). The van der Waals surface area contributed by atoms with Crippen LogP contribution >= 0.6 is 11.3 Å². The Morgan fingerprint density at radius 2 is 2.00 bits per heavy atom. The number of hydrogen-bond donors (Lipinski definition) is 1. The largest absolute Gasteiger partial charge is 0.349 e. The van der Waals surface area contributed by atoms with Crippen LogP contribution in [0.2, 0.25) is 0 Å². The SMILES string of the molecule is C[C@H](c1ccsc1)N1CCN(C(=O)NCCC(=O)N(C)C)CC1. The maximum atomic E-state index is 12.1. The summed E-state index contributed by atoms with van der Waals surface area (Å²) < 4.78 is 0. The molecule has 2 heterocycles. The zero-order valence-electron chi connectivity index (χ0n) is 14.1. The van der Waals surface area contributed by atoms with E-state index in [0.717, 1.165) is 26.2 Å². The molecule has 128 valence electrons. The van der Waals surface area contributed by atoms with Crippen molar-refractivity contribution < 1.29 is 9.59 Å². The lowest BCUT2D eigenvalue weighted by Gasteiger charge is -2.37. The number of piperazine rings is 1. The molecule has 23 heavy (non-hydrogen) atoms. The topological polar surface area (TPSA) is 55.9 Å². The van der Waals surface area contributed by atoms with Gasteiger partial charge in [0.05, 0.1) is 0 Å². The van der Waals surface area contributed by atoms with Crippen molar-refractivity contribution in [3.8, 4) is 0 Å². The number of amides is 3. The van der Waals surface area contributed by atoms with Crippen LogP contribution in [0.15, 0.2) is 16.8 Å². The highest BCUT2D eigenvalue weighted by molar-refractivity contribution is 7.07. The van der Waals surface area contributed by atoms with E-state index in [-0.39, 0.29) is 11.9 Å². The van der Waals surface area contributed by atoms with Crippen LogP contribution in [0, 0.1) is 0 Å². The van der Waals surface area contributed by atoms with Crippen LogP contribution in [0.1, 0.15) is 24.9 Å². The van der Waals surface area contributed by atoms with Gasteiger partial charge in [0.1, 0.15) is 0 Å². The van der Waals surface area contributed by atoms with E-state index in [2.05, 4.69) is 34.0 Å². The number of carbonyl (C=O) groups excluding carboxylic acids is 2. The molecule has 1 saturated heterocycles. The minimum absolute atomic E-state index is 0.0275. The predicted octanol–water partition coefficient (Wildman–Crippen LogP) is 1.61. The Morgan fingerprint density at radius 3 is 2.57 bits per heavy atom. The third-order valence-electron chi connectivity index (χ3n) is 4.29. The number of nitrogens with zero attached hydrogens (tertiary/aromatic N) is 3. The number of urea groups is 1. The summed E-state index contributed by atoms with van der Waals surface area (Å²) in [6, 6.07) is 2.49. The Hall–Kier alpha value is -1.60. The third kappa shape index (κ3) is 4.94. The molecular weight excluding hydrogens is 312 g/mol. The van der Waals surface area contributed by atoms with Crippen molar-refractivity contribution in [1.82, 2.24) is 20.0 Å². The number of nitrogens with one attached hydrogen (secondary N) is 1. The van der Waals surface area contributed by atoms with Gasteiger partial charge in [0, 0.05) is 59.3 Å². The molecule has 0 aliphatic carbocycles. The number of hydrogen-bond acceptors (Lipinski definition) is 4. The monoisotopic (exact) mass is 338 g/mol. The molecule has 0 unspecified atom stereocenters. The average molecular weight is 338 g/mol. The Morgan fingerprint density at radius 1 is 1.30 bits per heavy atom. The van der Waals surface area contributed by atoms with E-state index in [0.29, 0.717) is 19.0 Å². The zero-order chi connectivity index (χ0) is 16.8. The number of thiophene rings is 1. The molecule has 1 aliphatic heterocycles. The van der Waals surface area contributed by atoms with Crippen molar-refractivity contribution in [2.75, 3.05) is 46.8 Å². The van der Waals surface area contributed by atoms with Crippen molar-refractivity contribution in [1.29, 1.82) is 0 Å². The predicted molar refractivity (Wildman–Crippen MR) is 92.6 cm³/mol. The average Bonchev–Trinajstić information content (AvgIpc) is 3.08. The highest BCUT2D eigenvalue weighted by Crippen LogP contribution is 2.23. The van der Waals surface area contributed by atoms with Crippen LogP contribution in [-0.2, 0) is 4.79 Å². The van der Waals surface area contributed by atoms with Gasteiger partial charge in [0.25, 0.3) is 0 Å². The summed E-state index contributed by atoms with van der Waals surface area (Å²) in [5, 5.41) is 7.12. The van der Waals surface area contributed by atoms with E-state index in [1.807, 2.05) is 4.90 Å². The van der Waals surface area contributed by atoms with Crippen LogP contribution < -0.4 is 5.32 Å². The maximum absolute atomic E-state index is 12.1. The summed E-state index contributed by atoms with van der Waals surface area (Å²) in [4.78, 5) is 29.4. The third-order valence-corrected chi connectivity index (χ3v) is 4.99. The molecule has 7 heteroatoms. The lowest BCUT2D eigenvalue weighted by Crippen LogP contribution is -2.52. The molecule has 1 N–H and O–H groups in total. The first-order valence-corrected chi connectivity index (χ1v) is 8.92. The van der Waals surface area contributed by atoms with Gasteiger partial charge in [0.2, 0.25) is 5.91 Å². The minimum Gasteiger partial charge on any atom is -0.349 e. The molecule has 1 fully saturated rings. The van der Waals surface area contributed by atoms with Crippen molar-refractivity contribution in [2.24, 2.45) is 0 Å². The number of rotatable bonds is 5. The Kier molecular flexibility index (Phi) is 6.41.